The third-order valence-electron chi connectivity index (χ3n) is 3.19. The summed E-state index contributed by atoms with van der Waals surface area (Å²) in [6.45, 7) is 7.35. The van der Waals surface area contributed by atoms with Gasteiger partial charge in [-0.2, -0.15) is 0 Å². The van der Waals surface area contributed by atoms with E-state index < -0.39 is 42.2 Å². The Labute approximate surface area is 106 Å². The monoisotopic (exact) mass is 265 g/mol. The molecule has 1 heterocycles. The zero-order valence-electron chi connectivity index (χ0n) is 11.4. The maximum Gasteiger partial charge on any atom is 0.410 e. The molecule has 0 bridgehead atoms. The van der Waals surface area contributed by atoms with Gasteiger partial charge in [-0.25, -0.2) is 13.6 Å². The van der Waals surface area contributed by atoms with Crippen LogP contribution in [0.1, 0.15) is 34.6 Å². The van der Waals surface area contributed by atoms with E-state index in [-0.39, 0.29) is 0 Å². The molecule has 4 nitrogen and oxygen atoms in total. The van der Waals surface area contributed by atoms with E-state index in [2.05, 4.69) is 0 Å². The second-order valence-electron chi connectivity index (χ2n) is 5.91. The van der Waals surface area contributed by atoms with Crippen molar-refractivity contribution in [1.29, 1.82) is 0 Å². The lowest BCUT2D eigenvalue weighted by Crippen LogP contribution is -2.61. The third kappa shape index (κ3) is 3.10. The van der Waals surface area contributed by atoms with Crippen LogP contribution in [0.4, 0.5) is 13.6 Å². The van der Waals surface area contributed by atoms with Crippen molar-refractivity contribution in [2.45, 2.75) is 58.3 Å². The minimum absolute atomic E-state index is 0.491. The van der Waals surface area contributed by atoms with Crippen molar-refractivity contribution in [2.75, 3.05) is 6.54 Å². The van der Waals surface area contributed by atoms with Crippen LogP contribution in [0.3, 0.4) is 0 Å². The summed E-state index contributed by atoms with van der Waals surface area (Å²) >= 11 is 0. The summed E-state index contributed by atoms with van der Waals surface area (Å²) in [7, 11) is 0. The molecule has 1 fully saturated rings. The minimum Gasteiger partial charge on any atom is -0.444 e. The number of nitrogens with zero attached hydrogens (tertiary/aromatic N) is 1. The number of amides is 1. The molecule has 0 aliphatic carbocycles. The Balaban J connectivity index is 2.86. The lowest BCUT2D eigenvalue weighted by atomic mass is 9.87. The van der Waals surface area contributed by atoms with Crippen molar-refractivity contribution in [3.05, 3.63) is 0 Å². The van der Waals surface area contributed by atoms with E-state index in [0.717, 1.165) is 4.90 Å². The number of ether oxygens (including phenoxy) is 1. The summed E-state index contributed by atoms with van der Waals surface area (Å²) < 4.78 is 32.2. The van der Waals surface area contributed by atoms with Crippen LogP contribution in [0.25, 0.3) is 0 Å². The first-order chi connectivity index (χ1) is 7.96. The van der Waals surface area contributed by atoms with Crippen LogP contribution in [-0.2, 0) is 4.74 Å². The highest BCUT2D eigenvalue weighted by Crippen LogP contribution is 2.35. The molecule has 3 atom stereocenters. The van der Waals surface area contributed by atoms with Crippen molar-refractivity contribution >= 4 is 6.09 Å². The smallest absolute Gasteiger partial charge is 0.410 e. The lowest BCUT2D eigenvalue weighted by molar-refractivity contribution is -0.181. The number of carbonyl (C=O) groups excluding carboxylic acids is 1. The Hall–Kier alpha value is -0.910. The van der Waals surface area contributed by atoms with E-state index >= 15 is 0 Å². The van der Waals surface area contributed by atoms with Gasteiger partial charge in [0.25, 0.3) is 5.92 Å². The molecule has 1 aliphatic rings. The molecule has 1 aliphatic heterocycles. The fourth-order valence-electron chi connectivity index (χ4n) is 1.95. The van der Waals surface area contributed by atoms with E-state index in [0.29, 0.717) is 0 Å². The van der Waals surface area contributed by atoms with Gasteiger partial charge in [0.05, 0.1) is 6.54 Å². The summed E-state index contributed by atoms with van der Waals surface area (Å²) in [6.07, 6.45) is -2.50. The first-order valence-electron chi connectivity index (χ1n) is 6.01. The number of hydrogen-bond acceptors (Lipinski definition) is 3. The first kappa shape index (κ1) is 15.1. The molecular weight excluding hydrogens is 244 g/mol. The van der Waals surface area contributed by atoms with Crippen molar-refractivity contribution in [3.8, 4) is 0 Å². The molecule has 6 heteroatoms. The van der Waals surface area contributed by atoms with Crippen molar-refractivity contribution in [2.24, 2.45) is 5.92 Å². The first-order valence-corrected chi connectivity index (χ1v) is 6.01. The highest BCUT2D eigenvalue weighted by molar-refractivity contribution is 5.69. The molecule has 1 rings (SSSR count). The topological polar surface area (TPSA) is 49.8 Å². The molecule has 1 saturated heterocycles. The molecule has 18 heavy (non-hydrogen) atoms. The molecular formula is C12H21F2NO3. The van der Waals surface area contributed by atoms with Crippen LogP contribution in [0.15, 0.2) is 0 Å². The Morgan fingerprint density at radius 3 is 2.33 bits per heavy atom. The van der Waals surface area contributed by atoms with Crippen molar-refractivity contribution < 1.29 is 23.4 Å². The van der Waals surface area contributed by atoms with Gasteiger partial charge in [0.15, 0.2) is 0 Å². The third-order valence-corrected chi connectivity index (χ3v) is 3.19. The maximum absolute atomic E-state index is 13.6. The molecule has 0 aromatic carbocycles. The van der Waals surface area contributed by atoms with Gasteiger partial charge in [0.2, 0.25) is 0 Å². The molecule has 0 spiro atoms. The summed E-state index contributed by atoms with van der Waals surface area (Å²) in [4.78, 5) is 12.8. The summed E-state index contributed by atoms with van der Waals surface area (Å²) in [5, 5.41) is 9.48. The highest BCUT2D eigenvalue weighted by atomic mass is 19.3. The quantitative estimate of drug-likeness (QED) is 0.731. The molecule has 1 N–H and O–H groups in total. The average molecular weight is 265 g/mol. The SMILES string of the molecule is CC1C(C)N(C(=O)OC(C)(C)C)CC(F)(F)C1O. The fraction of sp³-hybridized carbons (Fsp3) is 0.917. The van der Waals surface area contributed by atoms with Crippen LogP contribution in [0.5, 0.6) is 0 Å². The van der Waals surface area contributed by atoms with E-state index in [9.17, 15) is 18.7 Å². The zero-order valence-corrected chi connectivity index (χ0v) is 11.4. The molecule has 0 aromatic heterocycles. The van der Waals surface area contributed by atoms with Crippen LogP contribution < -0.4 is 0 Å². The van der Waals surface area contributed by atoms with Gasteiger partial charge < -0.3 is 9.84 Å². The van der Waals surface area contributed by atoms with Gasteiger partial charge in [-0.1, -0.05) is 6.92 Å². The Bertz CT molecular complexity index is 328. The van der Waals surface area contributed by atoms with Gasteiger partial charge in [-0.05, 0) is 27.7 Å². The van der Waals surface area contributed by atoms with Crippen LogP contribution in [-0.4, -0.2) is 46.3 Å². The van der Waals surface area contributed by atoms with Crippen molar-refractivity contribution in [1.82, 2.24) is 4.90 Å². The fourth-order valence-corrected chi connectivity index (χ4v) is 1.95. The van der Waals surface area contributed by atoms with Gasteiger partial charge >= 0.3 is 6.09 Å². The molecule has 106 valence electrons. The second-order valence-corrected chi connectivity index (χ2v) is 5.91. The second kappa shape index (κ2) is 4.64. The van der Waals surface area contributed by atoms with Gasteiger partial charge in [-0.15, -0.1) is 0 Å². The lowest BCUT2D eigenvalue weighted by Gasteiger charge is -2.44. The van der Waals surface area contributed by atoms with E-state index in [4.69, 9.17) is 4.74 Å². The number of piperidine rings is 1. The number of carbonyl (C=O) groups is 1. The maximum atomic E-state index is 13.6. The number of hydrogen-bond donors (Lipinski definition) is 1. The predicted octanol–water partition coefficient (Wildman–Crippen LogP) is 2.26. The molecule has 1 amide bonds. The van der Waals surface area contributed by atoms with Crippen molar-refractivity contribution in [3.63, 3.8) is 0 Å². The van der Waals surface area contributed by atoms with E-state index in [1.54, 1.807) is 27.7 Å². The Morgan fingerprint density at radius 2 is 1.89 bits per heavy atom. The highest BCUT2D eigenvalue weighted by Gasteiger charge is 2.52. The largest absolute Gasteiger partial charge is 0.444 e. The number of likely N-dealkylation sites (tertiary alicyclic amines) is 1. The number of aliphatic hydroxyl groups excluding tert-OH is 1. The number of halogens is 2. The van der Waals surface area contributed by atoms with Crippen LogP contribution in [0.2, 0.25) is 0 Å². The number of rotatable bonds is 0. The Morgan fingerprint density at radius 1 is 1.39 bits per heavy atom. The minimum atomic E-state index is -3.30. The standard InChI is InChI=1S/C12H21F2NO3/c1-7-8(2)15(6-12(13,14)9(7)16)10(17)18-11(3,4)5/h7-9,16H,6H2,1-5H3. The number of aliphatic hydroxyl groups is 1. The summed E-state index contributed by atoms with van der Waals surface area (Å²) in [6, 6.07) is -0.491. The number of alkyl halides is 2. The average Bonchev–Trinajstić information content (AvgIpc) is 2.18. The summed E-state index contributed by atoms with van der Waals surface area (Å²) in [5.74, 6) is -4.01. The van der Waals surface area contributed by atoms with Crippen LogP contribution >= 0.6 is 0 Å². The predicted molar refractivity (Wildman–Crippen MR) is 62.5 cm³/mol. The summed E-state index contributed by atoms with van der Waals surface area (Å²) in [5.41, 5.74) is -0.731. The zero-order chi connectivity index (χ0) is 14.3. The molecule has 0 saturated carbocycles. The molecule has 0 aromatic rings. The van der Waals surface area contributed by atoms with E-state index in [1.807, 2.05) is 0 Å². The van der Waals surface area contributed by atoms with E-state index in [1.165, 1.54) is 6.92 Å². The Kier molecular flexibility index (Phi) is 3.91. The normalized spacial score (nSPS) is 32.2. The molecule has 0 radical (unpaired) electrons. The van der Waals surface area contributed by atoms with Crippen LogP contribution in [0, 0.1) is 5.92 Å². The molecule has 3 unspecified atom stereocenters. The van der Waals surface area contributed by atoms with Gasteiger partial charge in [-0.3, -0.25) is 4.90 Å². The van der Waals surface area contributed by atoms with Gasteiger partial charge in [0, 0.05) is 12.0 Å². The van der Waals surface area contributed by atoms with Gasteiger partial charge in [0.1, 0.15) is 11.7 Å².